The van der Waals surface area contributed by atoms with Gasteiger partial charge in [-0.25, -0.2) is 9.07 Å². The Morgan fingerprint density at radius 2 is 2.07 bits per heavy atom. The molecule has 1 aliphatic heterocycles. The number of fused-ring (bicyclic) bond motifs is 1. The number of aryl methyl sites for hydroxylation is 1. The Morgan fingerprint density at radius 3 is 2.90 bits per heavy atom. The fourth-order valence-corrected chi connectivity index (χ4v) is 4.93. The molecule has 0 saturated heterocycles. The van der Waals surface area contributed by atoms with E-state index in [-0.39, 0.29) is 17.6 Å². The van der Waals surface area contributed by atoms with Gasteiger partial charge in [-0.3, -0.25) is 4.79 Å². The van der Waals surface area contributed by atoms with Crippen molar-refractivity contribution in [2.45, 2.75) is 43.1 Å². The van der Waals surface area contributed by atoms with Crippen molar-refractivity contribution in [1.82, 2.24) is 14.8 Å². The fourth-order valence-electron chi connectivity index (χ4n) is 4.15. The van der Waals surface area contributed by atoms with Crippen LogP contribution in [0.2, 0.25) is 0 Å². The van der Waals surface area contributed by atoms with Gasteiger partial charge in [0.2, 0.25) is 11.1 Å². The molecule has 30 heavy (non-hydrogen) atoms. The number of aromatic nitrogens is 3. The van der Waals surface area contributed by atoms with E-state index in [1.165, 1.54) is 23.9 Å². The standard InChI is InChI=1S/C23H21FN4OS/c1-14-6-2-3-9-17(14)21-20-18(10-5-11-19(20)29)25-22-26-23(27-28(21)22)30-13-15-7-4-8-16(24)12-15/h2-4,6-9,12,21H,5,10-11,13H2,1H3,(H,25,26,27). The maximum atomic E-state index is 13.5. The van der Waals surface area contributed by atoms with Crippen molar-refractivity contribution in [3.05, 3.63) is 82.3 Å². The number of anilines is 1. The van der Waals surface area contributed by atoms with E-state index >= 15 is 0 Å². The zero-order valence-corrected chi connectivity index (χ0v) is 17.4. The molecule has 3 aromatic rings. The Bertz CT molecular complexity index is 1170. The molecule has 2 heterocycles. The summed E-state index contributed by atoms with van der Waals surface area (Å²) < 4.78 is 15.3. The molecule has 0 radical (unpaired) electrons. The van der Waals surface area contributed by atoms with E-state index in [1.54, 1.807) is 6.07 Å². The molecule has 0 spiro atoms. The molecule has 0 saturated carbocycles. The number of carbonyl (C=O) groups excluding carboxylic acids is 1. The van der Waals surface area contributed by atoms with Crippen molar-refractivity contribution in [3.8, 4) is 0 Å². The highest BCUT2D eigenvalue weighted by Crippen LogP contribution is 2.41. The number of carbonyl (C=O) groups is 1. The van der Waals surface area contributed by atoms with Gasteiger partial charge in [0.1, 0.15) is 11.9 Å². The molecule has 5 rings (SSSR count). The summed E-state index contributed by atoms with van der Waals surface area (Å²) in [4.78, 5) is 17.6. The monoisotopic (exact) mass is 420 g/mol. The van der Waals surface area contributed by atoms with Crippen LogP contribution in [0.25, 0.3) is 0 Å². The van der Waals surface area contributed by atoms with E-state index in [2.05, 4.69) is 29.4 Å². The molecule has 2 aliphatic rings. The van der Waals surface area contributed by atoms with Crippen LogP contribution in [-0.4, -0.2) is 20.5 Å². The third-order valence-electron chi connectivity index (χ3n) is 5.59. The Balaban J connectivity index is 1.52. The highest BCUT2D eigenvalue weighted by atomic mass is 32.2. The van der Waals surface area contributed by atoms with Crippen LogP contribution in [-0.2, 0) is 10.5 Å². The Hall–Kier alpha value is -2.93. The third-order valence-corrected chi connectivity index (χ3v) is 6.50. The van der Waals surface area contributed by atoms with Crippen molar-refractivity contribution >= 4 is 23.5 Å². The lowest BCUT2D eigenvalue weighted by atomic mass is 9.84. The van der Waals surface area contributed by atoms with E-state index in [4.69, 9.17) is 5.10 Å². The molecule has 1 unspecified atom stereocenters. The van der Waals surface area contributed by atoms with E-state index in [1.807, 2.05) is 22.9 Å². The van der Waals surface area contributed by atoms with Gasteiger partial charge in [-0.15, -0.1) is 5.10 Å². The van der Waals surface area contributed by atoms with Crippen LogP contribution in [0.5, 0.6) is 0 Å². The van der Waals surface area contributed by atoms with Gasteiger partial charge < -0.3 is 5.32 Å². The highest BCUT2D eigenvalue weighted by molar-refractivity contribution is 7.98. The average Bonchev–Trinajstić information content (AvgIpc) is 3.14. The number of ketones is 1. The molecule has 0 bridgehead atoms. The summed E-state index contributed by atoms with van der Waals surface area (Å²) in [5.41, 5.74) is 4.82. The van der Waals surface area contributed by atoms with Crippen LogP contribution in [0, 0.1) is 12.7 Å². The van der Waals surface area contributed by atoms with E-state index < -0.39 is 0 Å². The fraction of sp³-hybridized carbons (Fsp3) is 0.261. The number of thioether (sulfide) groups is 1. The minimum Gasteiger partial charge on any atom is -0.328 e. The van der Waals surface area contributed by atoms with E-state index in [0.29, 0.717) is 23.3 Å². The Morgan fingerprint density at radius 1 is 1.20 bits per heavy atom. The number of benzene rings is 2. The van der Waals surface area contributed by atoms with Crippen LogP contribution in [0.1, 0.15) is 42.0 Å². The van der Waals surface area contributed by atoms with Gasteiger partial charge in [0, 0.05) is 23.4 Å². The first kappa shape index (κ1) is 19.1. The summed E-state index contributed by atoms with van der Waals surface area (Å²) in [7, 11) is 0. The number of allylic oxidation sites excluding steroid dienone is 2. The number of nitrogens with one attached hydrogen (secondary N) is 1. The molecule has 1 aliphatic carbocycles. The summed E-state index contributed by atoms with van der Waals surface area (Å²) in [6, 6.07) is 14.4. The molecule has 2 aromatic carbocycles. The van der Waals surface area contributed by atoms with Crippen molar-refractivity contribution in [3.63, 3.8) is 0 Å². The minimum atomic E-state index is -0.277. The van der Waals surface area contributed by atoms with Gasteiger partial charge in [-0.2, -0.15) is 4.98 Å². The minimum absolute atomic E-state index is 0.173. The first-order valence-electron chi connectivity index (χ1n) is 10.0. The molecule has 1 aromatic heterocycles. The second-order valence-electron chi connectivity index (χ2n) is 7.63. The average molecular weight is 421 g/mol. The highest BCUT2D eigenvalue weighted by Gasteiger charge is 2.37. The van der Waals surface area contributed by atoms with Gasteiger partial charge in [0.15, 0.2) is 5.78 Å². The largest absolute Gasteiger partial charge is 0.328 e. The lowest BCUT2D eigenvalue weighted by Gasteiger charge is -2.32. The third kappa shape index (κ3) is 3.43. The number of hydrogen-bond donors (Lipinski definition) is 1. The SMILES string of the molecule is Cc1ccccc1C1C2=C(CCCC2=O)Nc2nc(SCc3cccc(F)c3)nn21. The maximum absolute atomic E-state index is 13.5. The second-order valence-corrected chi connectivity index (χ2v) is 8.58. The number of nitrogens with zero attached hydrogens (tertiary/aromatic N) is 3. The number of halogens is 1. The molecule has 152 valence electrons. The summed E-state index contributed by atoms with van der Waals surface area (Å²) in [5.74, 6) is 1.15. The molecule has 1 atom stereocenters. The zero-order valence-electron chi connectivity index (χ0n) is 16.6. The quantitative estimate of drug-likeness (QED) is 0.599. The van der Waals surface area contributed by atoms with Crippen LogP contribution >= 0.6 is 11.8 Å². The maximum Gasteiger partial charge on any atom is 0.227 e. The van der Waals surface area contributed by atoms with Crippen LogP contribution in [0.4, 0.5) is 10.3 Å². The van der Waals surface area contributed by atoms with Crippen LogP contribution in [0.3, 0.4) is 0 Å². The second kappa shape index (κ2) is 7.72. The Kier molecular flexibility index (Phi) is 4.90. The Labute approximate surface area is 178 Å². The van der Waals surface area contributed by atoms with Gasteiger partial charge in [-0.05, 0) is 48.6 Å². The molecule has 0 fully saturated rings. The normalized spacial score (nSPS) is 18.1. The summed E-state index contributed by atoms with van der Waals surface area (Å²) in [6.45, 7) is 2.06. The zero-order chi connectivity index (χ0) is 20.7. The topological polar surface area (TPSA) is 59.8 Å². The predicted octanol–water partition coefficient (Wildman–Crippen LogP) is 5.04. The molecular formula is C23H21FN4OS. The molecule has 0 amide bonds. The van der Waals surface area contributed by atoms with Crippen LogP contribution < -0.4 is 5.32 Å². The summed E-state index contributed by atoms with van der Waals surface area (Å²) in [6.07, 6.45) is 2.25. The lowest BCUT2D eigenvalue weighted by molar-refractivity contribution is -0.116. The van der Waals surface area contributed by atoms with Crippen molar-refractivity contribution < 1.29 is 9.18 Å². The number of Topliss-reactive ketones (excluding diaryl/α,β-unsaturated/α-hetero) is 1. The molecule has 1 N–H and O–H groups in total. The number of rotatable bonds is 4. The van der Waals surface area contributed by atoms with Gasteiger partial charge in [0.05, 0.1) is 0 Å². The van der Waals surface area contributed by atoms with Gasteiger partial charge in [-0.1, -0.05) is 48.2 Å². The smallest absolute Gasteiger partial charge is 0.227 e. The lowest BCUT2D eigenvalue weighted by Crippen LogP contribution is -2.31. The van der Waals surface area contributed by atoms with Crippen molar-refractivity contribution in [2.75, 3.05) is 5.32 Å². The summed E-state index contributed by atoms with van der Waals surface area (Å²) >= 11 is 1.46. The van der Waals surface area contributed by atoms with Gasteiger partial charge >= 0.3 is 0 Å². The van der Waals surface area contributed by atoms with E-state index in [9.17, 15) is 9.18 Å². The van der Waals surface area contributed by atoms with E-state index in [0.717, 1.165) is 40.8 Å². The van der Waals surface area contributed by atoms with Gasteiger partial charge in [0.25, 0.3) is 0 Å². The summed E-state index contributed by atoms with van der Waals surface area (Å²) in [5, 5.41) is 8.69. The first-order chi connectivity index (χ1) is 14.6. The molecule has 7 heteroatoms. The first-order valence-corrected chi connectivity index (χ1v) is 11.0. The van der Waals surface area contributed by atoms with Crippen molar-refractivity contribution in [1.29, 1.82) is 0 Å². The number of hydrogen-bond acceptors (Lipinski definition) is 5. The van der Waals surface area contributed by atoms with Crippen molar-refractivity contribution in [2.24, 2.45) is 0 Å². The van der Waals surface area contributed by atoms with Crippen LogP contribution in [0.15, 0.2) is 65.0 Å². The molecular weight excluding hydrogens is 399 g/mol. The predicted molar refractivity (Wildman–Crippen MR) is 115 cm³/mol. The molecule has 5 nitrogen and oxygen atoms in total.